The maximum atomic E-state index is 4.45. The first-order valence-electron chi connectivity index (χ1n) is 6.53. The van der Waals surface area contributed by atoms with Crippen LogP contribution in [-0.4, -0.2) is 36.3 Å². The zero-order valence-corrected chi connectivity index (χ0v) is 11.4. The van der Waals surface area contributed by atoms with Crippen LogP contribution in [0.4, 0.5) is 5.82 Å². The van der Waals surface area contributed by atoms with Gasteiger partial charge in [0, 0.05) is 18.9 Å². The highest BCUT2D eigenvalue weighted by Crippen LogP contribution is 2.21. The maximum Gasteiger partial charge on any atom is 0.252 e. The van der Waals surface area contributed by atoms with Gasteiger partial charge in [-0.3, -0.25) is 0 Å². The molecular weight excluding hydrogens is 254 g/mol. The summed E-state index contributed by atoms with van der Waals surface area (Å²) in [6.07, 6.45) is 6.13. The van der Waals surface area contributed by atoms with Crippen molar-refractivity contribution in [3.8, 4) is 5.95 Å². The van der Waals surface area contributed by atoms with Crippen molar-refractivity contribution in [3.63, 3.8) is 0 Å². The smallest absolute Gasteiger partial charge is 0.252 e. The lowest BCUT2D eigenvalue weighted by atomic mass is 10.3. The molecule has 0 aliphatic heterocycles. The van der Waals surface area contributed by atoms with Gasteiger partial charge in [-0.25, -0.2) is 19.9 Å². The third kappa shape index (κ3) is 2.18. The van der Waals surface area contributed by atoms with E-state index in [1.165, 1.54) is 0 Å². The Kier molecular flexibility index (Phi) is 3.24. The lowest BCUT2D eigenvalue weighted by Crippen LogP contribution is -2.06. The van der Waals surface area contributed by atoms with Crippen LogP contribution in [0.1, 0.15) is 19.2 Å². The highest BCUT2D eigenvalue weighted by Gasteiger charge is 2.13. The summed E-state index contributed by atoms with van der Waals surface area (Å²) in [5.74, 6) is 1.99. The van der Waals surface area contributed by atoms with Crippen LogP contribution in [0.3, 0.4) is 0 Å². The number of fused-ring (bicyclic) bond motifs is 1. The fraction of sp³-hybridized carbons (Fsp3) is 0.308. The van der Waals surface area contributed by atoms with Crippen molar-refractivity contribution in [3.05, 3.63) is 30.5 Å². The first-order chi connectivity index (χ1) is 9.79. The zero-order chi connectivity index (χ0) is 13.9. The highest BCUT2D eigenvalue weighted by molar-refractivity contribution is 5.87. The number of rotatable bonds is 4. The van der Waals surface area contributed by atoms with Crippen LogP contribution in [0.25, 0.3) is 17.0 Å². The largest absolute Gasteiger partial charge is 0.369 e. The van der Waals surface area contributed by atoms with Crippen LogP contribution in [0, 0.1) is 6.92 Å². The molecule has 0 aliphatic rings. The second kappa shape index (κ2) is 5.20. The number of nitrogens with one attached hydrogen (secondary N) is 1. The average Bonchev–Trinajstić information content (AvgIpc) is 2.89. The quantitative estimate of drug-likeness (QED) is 0.777. The topological polar surface area (TPSA) is 81.4 Å². The Labute approximate surface area is 116 Å². The van der Waals surface area contributed by atoms with E-state index < -0.39 is 0 Å². The van der Waals surface area contributed by atoms with Crippen molar-refractivity contribution >= 4 is 16.9 Å². The Morgan fingerprint density at radius 1 is 1.20 bits per heavy atom. The predicted molar refractivity (Wildman–Crippen MR) is 75.8 cm³/mol. The second-order valence-electron chi connectivity index (χ2n) is 4.39. The van der Waals surface area contributed by atoms with Crippen LogP contribution in [0.5, 0.6) is 0 Å². The number of hydrogen-bond acceptors (Lipinski definition) is 6. The van der Waals surface area contributed by atoms with E-state index >= 15 is 0 Å². The molecule has 1 N–H and O–H groups in total. The normalized spacial score (nSPS) is 10.9. The molecule has 102 valence electrons. The Hall–Kier alpha value is -2.57. The number of hydrogen-bond donors (Lipinski definition) is 1. The third-order valence-corrected chi connectivity index (χ3v) is 2.82. The van der Waals surface area contributed by atoms with Crippen LogP contribution in [-0.2, 0) is 0 Å². The predicted octanol–water partition coefficient (Wildman–Crippen LogP) is 1.74. The van der Waals surface area contributed by atoms with Gasteiger partial charge in [-0.2, -0.15) is 9.78 Å². The van der Waals surface area contributed by atoms with Crippen molar-refractivity contribution in [1.29, 1.82) is 0 Å². The molecule has 0 bridgehead atoms. The van der Waals surface area contributed by atoms with E-state index in [-0.39, 0.29) is 0 Å². The van der Waals surface area contributed by atoms with Gasteiger partial charge < -0.3 is 5.32 Å². The van der Waals surface area contributed by atoms with Crippen molar-refractivity contribution in [2.75, 3.05) is 11.9 Å². The molecule has 7 nitrogen and oxygen atoms in total. The molecule has 0 amide bonds. The van der Waals surface area contributed by atoms with Gasteiger partial charge in [0.05, 0.1) is 11.6 Å². The average molecular weight is 269 g/mol. The monoisotopic (exact) mass is 269 g/mol. The number of nitrogens with zero attached hydrogens (tertiary/aromatic N) is 6. The summed E-state index contributed by atoms with van der Waals surface area (Å²) < 4.78 is 1.63. The molecule has 0 spiro atoms. The van der Waals surface area contributed by atoms with E-state index in [4.69, 9.17) is 0 Å². The van der Waals surface area contributed by atoms with Crippen molar-refractivity contribution in [2.45, 2.75) is 20.3 Å². The van der Waals surface area contributed by atoms with Gasteiger partial charge >= 0.3 is 0 Å². The molecule has 0 unspecified atom stereocenters. The lowest BCUT2D eigenvalue weighted by molar-refractivity contribution is 0.819. The molecule has 0 aliphatic carbocycles. The van der Waals surface area contributed by atoms with Crippen molar-refractivity contribution in [2.24, 2.45) is 0 Å². The molecule has 0 aromatic carbocycles. The minimum absolute atomic E-state index is 0.502. The molecular formula is C13H15N7. The Bertz CT molecular complexity index is 720. The van der Waals surface area contributed by atoms with E-state index in [0.29, 0.717) is 17.4 Å². The fourth-order valence-corrected chi connectivity index (χ4v) is 1.94. The summed E-state index contributed by atoms with van der Waals surface area (Å²) in [6, 6.07) is 1.77. The van der Waals surface area contributed by atoms with Gasteiger partial charge in [-0.05, 0) is 19.4 Å². The molecule has 0 atom stereocenters. The van der Waals surface area contributed by atoms with E-state index in [0.717, 1.165) is 24.2 Å². The Morgan fingerprint density at radius 2 is 2.00 bits per heavy atom. The molecule has 7 heteroatoms. The molecule has 0 saturated heterocycles. The van der Waals surface area contributed by atoms with E-state index in [2.05, 4.69) is 37.3 Å². The maximum absolute atomic E-state index is 4.45. The summed E-state index contributed by atoms with van der Waals surface area (Å²) in [6.45, 7) is 4.83. The lowest BCUT2D eigenvalue weighted by Gasteiger charge is -2.06. The standard InChI is InChI=1S/C13H15N7/c1-3-5-14-11-10-8-17-20(12(10)19-9(2)18-11)13-15-6-4-7-16-13/h4,6-8H,3,5H2,1-2H3,(H,14,18,19). The summed E-state index contributed by atoms with van der Waals surface area (Å²) in [7, 11) is 0. The third-order valence-electron chi connectivity index (χ3n) is 2.82. The minimum Gasteiger partial charge on any atom is -0.369 e. The van der Waals surface area contributed by atoms with Crippen LogP contribution in [0.15, 0.2) is 24.7 Å². The van der Waals surface area contributed by atoms with Gasteiger partial charge in [0.1, 0.15) is 11.6 Å². The zero-order valence-electron chi connectivity index (χ0n) is 11.4. The minimum atomic E-state index is 0.502. The molecule has 0 radical (unpaired) electrons. The highest BCUT2D eigenvalue weighted by atomic mass is 15.4. The summed E-state index contributed by atoms with van der Waals surface area (Å²) in [5, 5.41) is 8.49. The van der Waals surface area contributed by atoms with Crippen LogP contribution >= 0.6 is 0 Å². The Balaban J connectivity index is 2.15. The SMILES string of the molecule is CCCNc1nc(C)nc2c1cnn2-c1ncccn1. The number of anilines is 1. The fourth-order valence-electron chi connectivity index (χ4n) is 1.94. The molecule has 3 rings (SSSR count). The molecule has 3 aromatic heterocycles. The van der Waals surface area contributed by atoms with Crippen LogP contribution in [0.2, 0.25) is 0 Å². The first kappa shape index (κ1) is 12.5. The van der Waals surface area contributed by atoms with Gasteiger partial charge in [0.15, 0.2) is 5.65 Å². The Morgan fingerprint density at radius 3 is 2.75 bits per heavy atom. The van der Waals surface area contributed by atoms with Crippen molar-refractivity contribution < 1.29 is 0 Å². The molecule has 3 heterocycles. The van der Waals surface area contributed by atoms with Gasteiger partial charge in [0.25, 0.3) is 5.95 Å². The van der Waals surface area contributed by atoms with Crippen molar-refractivity contribution in [1.82, 2.24) is 29.7 Å². The number of aryl methyl sites for hydroxylation is 1. The van der Waals surface area contributed by atoms with Gasteiger partial charge in [0.2, 0.25) is 0 Å². The summed E-state index contributed by atoms with van der Waals surface area (Å²) in [4.78, 5) is 17.3. The summed E-state index contributed by atoms with van der Waals surface area (Å²) >= 11 is 0. The molecule has 3 aromatic rings. The molecule has 0 fully saturated rings. The van der Waals surface area contributed by atoms with Gasteiger partial charge in [-0.15, -0.1) is 0 Å². The number of aromatic nitrogens is 6. The van der Waals surface area contributed by atoms with E-state index in [1.807, 2.05) is 6.92 Å². The van der Waals surface area contributed by atoms with E-state index in [1.54, 1.807) is 29.3 Å². The molecule has 20 heavy (non-hydrogen) atoms. The van der Waals surface area contributed by atoms with Gasteiger partial charge in [-0.1, -0.05) is 6.92 Å². The summed E-state index contributed by atoms with van der Waals surface area (Å²) in [5.41, 5.74) is 0.710. The second-order valence-corrected chi connectivity index (χ2v) is 4.39. The van der Waals surface area contributed by atoms with E-state index in [9.17, 15) is 0 Å². The first-order valence-corrected chi connectivity index (χ1v) is 6.53. The van der Waals surface area contributed by atoms with Crippen LogP contribution < -0.4 is 5.32 Å². The molecule has 0 saturated carbocycles.